The normalized spacial score (nSPS) is 16.3. The van der Waals surface area contributed by atoms with Crippen LogP contribution in [-0.2, 0) is 10.0 Å². The highest BCUT2D eigenvalue weighted by Crippen LogP contribution is 2.27. The summed E-state index contributed by atoms with van der Waals surface area (Å²) in [6, 6.07) is 9.40. The van der Waals surface area contributed by atoms with Gasteiger partial charge in [0.25, 0.3) is 5.91 Å². The van der Waals surface area contributed by atoms with Gasteiger partial charge in [0.05, 0.1) is 5.02 Å². The van der Waals surface area contributed by atoms with Crippen LogP contribution in [0.1, 0.15) is 10.4 Å². The molecule has 0 saturated carbocycles. The molecule has 0 radical (unpaired) electrons. The van der Waals surface area contributed by atoms with E-state index in [4.69, 9.17) is 11.6 Å². The van der Waals surface area contributed by atoms with Gasteiger partial charge in [0.2, 0.25) is 10.0 Å². The van der Waals surface area contributed by atoms with E-state index in [9.17, 15) is 17.6 Å². The maximum atomic E-state index is 13.0. The minimum atomic E-state index is -3.81. The number of likely N-dealkylation sites (N-methyl/N-ethyl adjacent to an activating group) is 1. The number of nitrogens with one attached hydrogen (secondary N) is 1. The smallest absolute Gasteiger partial charge is 0.255 e. The van der Waals surface area contributed by atoms with Crippen molar-refractivity contribution in [3.63, 3.8) is 0 Å². The number of piperazine rings is 1. The number of hydrogen-bond donors (Lipinski definition) is 1. The number of carbonyl (C=O) groups excluding carboxylic acids is 1. The van der Waals surface area contributed by atoms with Crippen LogP contribution in [0.15, 0.2) is 47.4 Å². The molecule has 27 heavy (non-hydrogen) atoms. The summed E-state index contributed by atoms with van der Waals surface area (Å²) in [5, 5.41) is 2.67. The van der Waals surface area contributed by atoms with Gasteiger partial charge >= 0.3 is 0 Å². The van der Waals surface area contributed by atoms with Gasteiger partial charge in [-0.25, -0.2) is 12.8 Å². The maximum absolute atomic E-state index is 13.0. The summed E-state index contributed by atoms with van der Waals surface area (Å²) >= 11 is 6.12. The standard InChI is InChI=1S/C18H19ClFN3O3S/c1-22-8-10-23(11-9-22)27(25,26)17-12-13(2-7-16(17)19)18(24)21-15-5-3-14(20)4-6-15/h2-7,12H,8-11H2,1H3,(H,21,24). The van der Waals surface area contributed by atoms with E-state index in [1.165, 1.54) is 46.8 Å². The second-order valence-corrected chi connectivity index (χ2v) is 8.63. The van der Waals surface area contributed by atoms with E-state index in [2.05, 4.69) is 5.32 Å². The van der Waals surface area contributed by atoms with Gasteiger partial charge in [-0.2, -0.15) is 4.31 Å². The Labute approximate surface area is 162 Å². The zero-order valence-electron chi connectivity index (χ0n) is 14.7. The molecule has 0 spiro atoms. The topological polar surface area (TPSA) is 69.7 Å². The van der Waals surface area contributed by atoms with E-state index in [0.717, 1.165) is 0 Å². The summed E-state index contributed by atoms with van der Waals surface area (Å²) < 4.78 is 40.2. The second-order valence-electron chi connectivity index (χ2n) is 6.31. The van der Waals surface area contributed by atoms with Gasteiger partial charge in [-0.1, -0.05) is 11.6 Å². The first-order valence-electron chi connectivity index (χ1n) is 8.32. The molecule has 1 heterocycles. The summed E-state index contributed by atoms with van der Waals surface area (Å²) in [6.07, 6.45) is 0. The van der Waals surface area contributed by atoms with Gasteiger partial charge in [0, 0.05) is 37.4 Å². The average molecular weight is 412 g/mol. The average Bonchev–Trinajstić information content (AvgIpc) is 2.64. The molecule has 0 aromatic heterocycles. The molecule has 1 aliphatic heterocycles. The van der Waals surface area contributed by atoms with Crippen LogP contribution >= 0.6 is 11.6 Å². The predicted octanol–water partition coefficient (Wildman–Crippen LogP) is 2.67. The molecule has 3 rings (SSSR count). The Balaban J connectivity index is 1.85. The van der Waals surface area contributed by atoms with Gasteiger partial charge in [-0.15, -0.1) is 0 Å². The molecule has 1 saturated heterocycles. The fourth-order valence-corrected chi connectivity index (χ4v) is 4.67. The van der Waals surface area contributed by atoms with Crippen molar-refractivity contribution < 1.29 is 17.6 Å². The lowest BCUT2D eigenvalue weighted by Crippen LogP contribution is -2.47. The largest absolute Gasteiger partial charge is 0.322 e. The number of rotatable bonds is 4. The Morgan fingerprint density at radius 2 is 1.70 bits per heavy atom. The highest BCUT2D eigenvalue weighted by Gasteiger charge is 2.30. The Morgan fingerprint density at radius 1 is 1.07 bits per heavy atom. The van der Waals surface area contributed by atoms with Crippen LogP contribution in [-0.4, -0.2) is 56.8 Å². The molecule has 2 aromatic rings. The Morgan fingerprint density at radius 3 is 2.33 bits per heavy atom. The number of sulfonamides is 1. The SMILES string of the molecule is CN1CCN(S(=O)(=O)c2cc(C(=O)Nc3ccc(F)cc3)ccc2Cl)CC1. The molecule has 9 heteroatoms. The number of anilines is 1. The molecule has 0 atom stereocenters. The quantitative estimate of drug-likeness (QED) is 0.839. The van der Waals surface area contributed by atoms with E-state index in [0.29, 0.717) is 31.9 Å². The molecular weight excluding hydrogens is 393 g/mol. The summed E-state index contributed by atoms with van der Waals surface area (Å²) in [6.45, 7) is 1.98. The van der Waals surface area contributed by atoms with E-state index in [1.807, 2.05) is 11.9 Å². The molecule has 0 bridgehead atoms. The van der Waals surface area contributed by atoms with Crippen molar-refractivity contribution in [2.45, 2.75) is 4.90 Å². The number of benzene rings is 2. The zero-order chi connectivity index (χ0) is 19.6. The van der Waals surface area contributed by atoms with E-state index in [1.54, 1.807) is 0 Å². The van der Waals surface area contributed by atoms with Gasteiger partial charge in [0.1, 0.15) is 10.7 Å². The third-order valence-electron chi connectivity index (χ3n) is 4.38. The molecular formula is C18H19ClFN3O3S. The van der Waals surface area contributed by atoms with E-state index < -0.39 is 21.7 Å². The van der Waals surface area contributed by atoms with Gasteiger partial charge in [-0.05, 0) is 49.5 Å². The molecule has 2 aromatic carbocycles. The first-order valence-corrected chi connectivity index (χ1v) is 10.1. The highest BCUT2D eigenvalue weighted by molar-refractivity contribution is 7.89. The van der Waals surface area contributed by atoms with Crippen LogP contribution in [0.3, 0.4) is 0 Å². The molecule has 1 N–H and O–H groups in total. The van der Waals surface area contributed by atoms with Crippen LogP contribution in [0.5, 0.6) is 0 Å². The molecule has 144 valence electrons. The van der Waals surface area contributed by atoms with Crippen molar-refractivity contribution in [1.82, 2.24) is 9.21 Å². The second kappa shape index (κ2) is 7.93. The molecule has 0 unspecified atom stereocenters. The van der Waals surface area contributed by atoms with Crippen LogP contribution in [0.25, 0.3) is 0 Å². The highest BCUT2D eigenvalue weighted by atomic mass is 35.5. The number of amides is 1. The van der Waals surface area contributed by atoms with E-state index in [-0.39, 0.29) is 15.5 Å². The van der Waals surface area contributed by atoms with Gasteiger partial charge < -0.3 is 10.2 Å². The number of carbonyl (C=O) groups is 1. The maximum Gasteiger partial charge on any atom is 0.255 e. The fraction of sp³-hybridized carbons (Fsp3) is 0.278. The third kappa shape index (κ3) is 4.47. The minimum Gasteiger partial charge on any atom is -0.322 e. The number of nitrogens with zero attached hydrogens (tertiary/aromatic N) is 2. The lowest BCUT2D eigenvalue weighted by Gasteiger charge is -2.31. The number of hydrogen-bond acceptors (Lipinski definition) is 4. The Bertz CT molecular complexity index is 943. The van der Waals surface area contributed by atoms with E-state index >= 15 is 0 Å². The molecule has 0 aliphatic carbocycles. The fourth-order valence-electron chi connectivity index (χ4n) is 2.75. The summed E-state index contributed by atoms with van der Waals surface area (Å²) in [5.41, 5.74) is 0.552. The summed E-state index contributed by atoms with van der Waals surface area (Å²) in [7, 11) is -1.88. The van der Waals surface area contributed by atoms with Crippen molar-refractivity contribution >= 4 is 33.2 Å². The lowest BCUT2D eigenvalue weighted by molar-refractivity contribution is 0.102. The van der Waals surface area contributed by atoms with Crippen molar-refractivity contribution in [3.8, 4) is 0 Å². The molecule has 6 nitrogen and oxygen atoms in total. The molecule has 1 fully saturated rings. The Hall–Kier alpha value is -2.00. The van der Waals surface area contributed by atoms with Crippen molar-refractivity contribution in [2.75, 3.05) is 38.5 Å². The van der Waals surface area contributed by atoms with Crippen molar-refractivity contribution in [3.05, 3.63) is 58.9 Å². The van der Waals surface area contributed by atoms with Crippen LogP contribution < -0.4 is 5.32 Å². The Kier molecular flexibility index (Phi) is 5.81. The zero-order valence-corrected chi connectivity index (χ0v) is 16.2. The first-order chi connectivity index (χ1) is 12.8. The van der Waals surface area contributed by atoms with Crippen LogP contribution in [0.2, 0.25) is 5.02 Å². The summed E-state index contributed by atoms with van der Waals surface area (Å²) in [5.74, 6) is -0.923. The number of halogens is 2. The third-order valence-corrected chi connectivity index (χ3v) is 6.76. The van der Waals surface area contributed by atoms with Crippen LogP contribution in [0.4, 0.5) is 10.1 Å². The molecule has 1 amide bonds. The molecule has 1 aliphatic rings. The van der Waals surface area contributed by atoms with Crippen molar-refractivity contribution in [2.24, 2.45) is 0 Å². The van der Waals surface area contributed by atoms with Gasteiger partial charge in [-0.3, -0.25) is 4.79 Å². The van der Waals surface area contributed by atoms with Gasteiger partial charge in [0.15, 0.2) is 0 Å². The van der Waals surface area contributed by atoms with Crippen LogP contribution in [0, 0.1) is 5.82 Å². The first kappa shape index (κ1) is 19.8. The van der Waals surface area contributed by atoms with Crippen molar-refractivity contribution in [1.29, 1.82) is 0 Å². The minimum absolute atomic E-state index is 0.0623. The predicted molar refractivity (Wildman–Crippen MR) is 102 cm³/mol. The monoisotopic (exact) mass is 411 g/mol. The summed E-state index contributed by atoms with van der Waals surface area (Å²) in [4.78, 5) is 14.4. The lowest BCUT2D eigenvalue weighted by atomic mass is 10.2.